The summed E-state index contributed by atoms with van der Waals surface area (Å²) in [5.41, 5.74) is 0.901. The monoisotopic (exact) mass is 287 g/mol. The number of amides is 1. The normalized spacial score (nSPS) is 19.8. The molecule has 1 N–H and O–H groups in total. The van der Waals surface area contributed by atoms with E-state index in [4.69, 9.17) is 4.42 Å². The third-order valence-corrected chi connectivity index (χ3v) is 3.92. The molecule has 1 aliphatic rings. The topological polar surface area (TPSA) is 48.7 Å². The lowest BCUT2D eigenvalue weighted by atomic mass is 10.1. The molecule has 21 heavy (non-hydrogen) atoms. The Morgan fingerprint density at radius 2 is 2.24 bits per heavy atom. The molecule has 0 radical (unpaired) electrons. The first-order valence-corrected chi connectivity index (χ1v) is 7.28. The second-order valence-electron chi connectivity index (χ2n) is 5.67. The molecule has 112 valence electrons. The Balaban J connectivity index is 1.79. The van der Waals surface area contributed by atoms with Crippen LogP contribution in [-0.2, 0) is 11.3 Å². The summed E-state index contributed by atoms with van der Waals surface area (Å²) in [5, 5.41) is 4.40. The molecule has 0 bridgehead atoms. The first-order chi connectivity index (χ1) is 10.1. The fraction of sp³-hybridized carbons (Fsp3) is 0.438. The summed E-state index contributed by atoms with van der Waals surface area (Å²) >= 11 is 0. The molecule has 0 saturated carbocycles. The number of benzene rings is 1. The average molecular weight is 287 g/mol. The lowest BCUT2D eigenvalue weighted by molar-refractivity contribution is -0.135. The Bertz CT molecular complexity index is 602. The molecule has 1 amide bonds. The minimum absolute atomic E-state index is 0.123. The lowest BCUT2D eigenvalue weighted by Crippen LogP contribution is -2.57. The minimum Gasteiger partial charge on any atom is -0.460 e. The van der Waals surface area contributed by atoms with Crippen molar-refractivity contribution in [3.8, 4) is 0 Å². The van der Waals surface area contributed by atoms with Gasteiger partial charge in [-0.25, -0.2) is 0 Å². The van der Waals surface area contributed by atoms with Crippen molar-refractivity contribution in [2.45, 2.75) is 12.6 Å². The second kappa shape index (κ2) is 5.87. The van der Waals surface area contributed by atoms with Crippen LogP contribution in [0.3, 0.4) is 0 Å². The Labute approximate surface area is 124 Å². The van der Waals surface area contributed by atoms with E-state index < -0.39 is 0 Å². The summed E-state index contributed by atoms with van der Waals surface area (Å²) in [4.78, 5) is 16.1. The first kappa shape index (κ1) is 14.1. The molecule has 1 aromatic heterocycles. The molecule has 1 atom stereocenters. The maximum atomic E-state index is 12.3. The van der Waals surface area contributed by atoms with Crippen molar-refractivity contribution < 1.29 is 9.21 Å². The van der Waals surface area contributed by atoms with Gasteiger partial charge in [-0.15, -0.1) is 0 Å². The molecule has 5 nitrogen and oxygen atoms in total. The number of piperazine rings is 1. The molecule has 1 aliphatic heterocycles. The number of likely N-dealkylation sites (N-methyl/N-ethyl adjacent to an activating group) is 1. The van der Waals surface area contributed by atoms with E-state index >= 15 is 0 Å². The van der Waals surface area contributed by atoms with E-state index in [1.807, 2.05) is 24.3 Å². The summed E-state index contributed by atoms with van der Waals surface area (Å²) in [6.07, 6.45) is 0. The van der Waals surface area contributed by atoms with E-state index in [0.717, 1.165) is 29.8 Å². The number of hydrogen-bond donors (Lipinski definition) is 1. The molecule has 2 aromatic rings. The SMILES string of the molecule is CN(C)C(=O)C1CNCCN1Cc1cc2ccccc2o1. The number of carbonyl (C=O) groups excluding carboxylic acids is 1. The predicted molar refractivity (Wildman–Crippen MR) is 82.0 cm³/mol. The maximum Gasteiger partial charge on any atom is 0.240 e. The smallest absolute Gasteiger partial charge is 0.240 e. The van der Waals surface area contributed by atoms with E-state index in [1.165, 1.54) is 0 Å². The molecular weight excluding hydrogens is 266 g/mol. The molecule has 0 spiro atoms. The Morgan fingerprint density at radius 1 is 1.43 bits per heavy atom. The van der Waals surface area contributed by atoms with Crippen LogP contribution in [0.4, 0.5) is 0 Å². The molecule has 0 aliphatic carbocycles. The van der Waals surface area contributed by atoms with Crippen LogP contribution in [0.25, 0.3) is 11.0 Å². The number of fused-ring (bicyclic) bond motifs is 1. The highest BCUT2D eigenvalue weighted by atomic mass is 16.3. The third kappa shape index (κ3) is 2.94. The summed E-state index contributed by atoms with van der Waals surface area (Å²) in [7, 11) is 3.60. The maximum absolute atomic E-state index is 12.3. The van der Waals surface area contributed by atoms with Crippen molar-refractivity contribution in [1.82, 2.24) is 15.1 Å². The van der Waals surface area contributed by atoms with Crippen LogP contribution in [0.1, 0.15) is 5.76 Å². The number of nitrogens with one attached hydrogen (secondary N) is 1. The quantitative estimate of drug-likeness (QED) is 0.924. The highest BCUT2D eigenvalue weighted by Crippen LogP contribution is 2.21. The van der Waals surface area contributed by atoms with Gasteiger partial charge in [-0.2, -0.15) is 0 Å². The fourth-order valence-corrected chi connectivity index (χ4v) is 2.79. The number of nitrogens with zero attached hydrogens (tertiary/aromatic N) is 2. The van der Waals surface area contributed by atoms with Crippen molar-refractivity contribution in [1.29, 1.82) is 0 Å². The number of furan rings is 1. The van der Waals surface area contributed by atoms with Gasteiger partial charge in [0.15, 0.2) is 0 Å². The predicted octanol–water partition coefficient (Wildman–Crippen LogP) is 1.29. The highest BCUT2D eigenvalue weighted by molar-refractivity contribution is 5.82. The van der Waals surface area contributed by atoms with Gasteiger partial charge in [-0.1, -0.05) is 18.2 Å². The zero-order valence-electron chi connectivity index (χ0n) is 12.5. The second-order valence-corrected chi connectivity index (χ2v) is 5.67. The van der Waals surface area contributed by atoms with E-state index in [-0.39, 0.29) is 11.9 Å². The van der Waals surface area contributed by atoms with E-state index in [2.05, 4.69) is 16.3 Å². The van der Waals surface area contributed by atoms with E-state index in [1.54, 1.807) is 19.0 Å². The number of hydrogen-bond acceptors (Lipinski definition) is 4. The van der Waals surface area contributed by atoms with Crippen molar-refractivity contribution in [3.63, 3.8) is 0 Å². The van der Waals surface area contributed by atoms with Gasteiger partial charge in [0, 0.05) is 39.1 Å². The Hall–Kier alpha value is -1.85. The van der Waals surface area contributed by atoms with E-state index in [0.29, 0.717) is 13.1 Å². The van der Waals surface area contributed by atoms with Crippen LogP contribution in [0.2, 0.25) is 0 Å². The number of rotatable bonds is 3. The molecule has 5 heteroatoms. The molecule has 1 aromatic carbocycles. The fourth-order valence-electron chi connectivity index (χ4n) is 2.79. The van der Waals surface area contributed by atoms with Crippen molar-refractivity contribution in [2.75, 3.05) is 33.7 Å². The average Bonchev–Trinajstić information content (AvgIpc) is 2.89. The molecule has 1 saturated heterocycles. The minimum atomic E-state index is -0.123. The van der Waals surface area contributed by atoms with Crippen LogP contribution in [0, 0.1) is 0 Å². The van der Waals surface area contributed by atoms with Crippen LogP contribution < -0.4 is 5.32 Å². The zero-order valence-corrected chi connectivity index (χ0v) is 12.5. The van der Waals surface area contributed by atoms with Gasteiger partial charge in [-0.05, 0) is 12.1 Å². The Kier molecular flexibility index (Phi) is 3.94. The van der Waals surface area contributed by atoms with Gasteiger partial charge in [0.05, 0.1) is 6.54 Å². The van der Waals surface area contributed by atoms with Crippen molar-refractivity contribution >= 4 is 16.9 Å². The van der Waals surface area contributed by atoms with E-state index in [9.17, 15) is 4.79 Å². The van der Waals surface area contributed by atoms with Crippen LogP contribution >= 0.6 is 0 Å². The van der Waals surface area contributed by atoms with Gasteiger partial charge in [0.1, 0.15) is 17.4 Å². The third-order valence-electron chi connectivity index (χ3n) is 3.92. The highest BCUT2D eigenvalue weighted by Gasteiger charge is 2.30. The molecule has 1 fully saturated rings. The van der Waals surface area contributed by atoms with Gasteiger partial charge < -0.3 is 14.6 Å². The van der Waals surface area contributed by atoms with Crippen molar-refractivity contribution in [2.24, 2.45) is 0 Å². The van der Waals surface area contributed by atoms with Crippen LogP contribution in [0.5, 0.6) is 0 Å². The Morgan fingerprint density at radius 3 is 3.00 bits per heavy atom. The number of carbonyl (C=O) groups is 1. The molecule has 1 unspecified atom stereocenters. The lowest BCUT2D eigenvalue weighted by Gasteiger charge is -2.35. The number of para-hydroxylation sites is 1. The standard InChI is InChI=1S/C16H21N3O2/c1-18(2)16(20)14-10-17-7-8-19(14)11-13-9-12-5-3-4-6-15(12)21-13/h3-6,9,14,17H,7-8,10-11H2,1-2H3. The van der Waals surface area contributed by atoms with Gasteiger partial charge in [0.25, 0.3) is 0 Å². The van der Waals surface area contributed by atoms with Crippen molar-refractivity contribution in [3.05, 3.63) is 36.1 Å². The zero-order chi connectivity index (χ0) is 14.8. The molecule has 3 rings (SSSR count). The first-order valence-electron chi connectivity index (χ1n) is 7.28. The molecular formula is C16H21N3O2. The van der Waals surface area contributed by atoms with Gasteiger partial charge >= 0.3 is 0 Å². The van der Waals surface area contributed by atoms with Crippen LogP contribution in [-0.4, -0.2) is 55.5 Å². The summed E-state index contributed by atoms with van der Waals surface area (Å²) in [6.45, 7) is 3.11. The summed E-state index contributed by atoms with van der Waals surface area (Å²) in [5.74, 6) is 1.05. The summed E-state index contributed by atoms with van der Waals surface area (Å²) in [6, 6.07) is 9.93. The van der Waals surface area contributed by atoms with Crippen LogP contribution in [0.15, 0.2) is 34.7 Å². The molecule has 2 heterocycles. The largest absolute Gasteiger partial charge is 0.460 e. The van der Waals surface area contributed by atoms with Gasteiger partial charge in [0.2, 0.25) is 5.91 Å². The summed E-state index contributed by atoms with van der Waals surface area (Å²) < 4.78 is 5.87. The van der Waals surface area contributed by atoms with Gasteiger partial charge in [-0.3, -0.25) is 9.69 Å².